The van der Waals surface area contributed by atoms with E-state index in [1.807, 2.05) is 0 Å². The first-order chi connectivity index (χ1) is 10.8. The van der Waals surface area contributed by atoms with Gasteiger partial charge in [0, 0.05) is 30.3 Å². The molecule has 0 fully saturated rings. The smallest absolute Gasteiger partial charge is 0.0431 e. The summed E-state index contributed by atoms with van der Waals surface area (Å²) in [5.41, 5.74) is 2.51. The normalized spacial score (nSPS) is 11.2. The van der Waals surface area contributed by atoms with Gasteiger partial charge >= 0.3 is 0 Å². The summed E-state index contributed by atoms with van der Waals surface area (Å²) in [6, 6.07) is 12.9. The van der Waals surface area contributed by atoms with Gasteiger partial charge in [-0.2, -0.15) is 0 Å². The number of hydrogen-bond donors (Lipinski definition) is 1. The minimum atomic E-state index is 0.303. The van der Waals surface area contributed by atoms with Crippen molar-refractivity contribution >= 4 is 29.2 Å². The van der Waals surface area contributed by atoms with Crippen LogP contribution in [0.5, 0.6) is 0 Å². The molecule has 0 aliphatic heterocycles. The fraction of sp³-hybridized carbons (Fsp3) is 0.368. The number of anilines is 1. The molecule has 1 N–H and O–H groups in total. The van der Waals surface area contributed by atoms with E-state index >= 15 is 0 Å². The lowest BCUT2D eigenvalue weighted by Crippen LogP contribution is -2.23. The lowest BCUT2D eigenvalue weighted by molar-refractivity contribution is 0.283. The minimum Gasteiger partial charge on any atom is -0.396 e. The van der Waals surface area contributed by atoms with E-state index in [9.17, 15) is 0 Å². The van der Waals surface area contributed by atoms with Gasteiger partial charge in [0.15, 0.2) is 0 Å². The summed E-state index contributed by atoms with van der Waals surface area (Å²) in [5.74, 6) is 0. The van der Waals surface area contributed by atoms with Crippen LogP contribution in [-0.4, -0.2) is 24.8 Å². The number of aliphatic hydroxyl groups excluding tert-OH is 1. The standard InChI is InChI=1S/C19H25NOS/c1-2-20(14-4-3-5-15-21)18-11-8-17(9-12-18)10-13-19-7-6-16-22-19/h6-13,16,21H,2-5,14-15H2,1H3. The van der Waals surface area contributed by atoms with Crippen LogP contribution in [0, 0.1) is 0 Å². The van der Waals surface area contributed by atoms with Crippen molar-refractivity contribution in [2.24, 2.45) is 0 Å². The van der Waals surface area contributed by atoms with Crippen molar-refractivity contribution in [2.75, 3.05) is 24.6 Å². The highest BCUT2D eigenvalue weighted by molar-refractivity contribution is 7.10. The average Bonchev–Trinajstić information content (AvgIpc) is 3.07. The lowest BCUT2D eigenvalue weighted by Gasteiger charge is -2.23. The zero-order chi connectivity index (χ0) is 15.6. The Hall–Kier alpha value is -1.58. The highest BCUT2D eigenvalue weighted by Crippen LogP contribution is 2.18. The Bertz CT molecular complexity index is 545. The fourth-order valence-electron chi connectivity index (χ4n) is 2.42. The first-order valence-electron chi connectivity index (χ1n) is 8.01. The zero-order valence-corrected chi connectivity index (χ0v) is 14.1. The molecule has 0 unspecified atom stereocenters. The molecule has 2 rings (SSSR count). The Kier molecular flexibility index (Phi) is 7.20. The molecule has 1 heterocycles. The SMILES string of the molecule is CCN(CCCCCO)c1ccc(C=Cc2cccs2)cc1. The van der Waals surface area contributed by atoms with E-state index in [-0.39, 0.29) is 0 Å². The topological polar surface area (TPSA) is 23.5 Å². The summed E-state index contributed by atoms with van der Waals surface area (Å²) >= 11 is 1.75. The fourth-order valence-corrected chi connectivity index (χ4v) is 3.04. The van der Waals surface area contributed by atoms with Crippen molar-refractivity contribution in [1.29, 1.82) is 0 Å². The average molecular weight is 315 g/mol. The van der Waals surface area contributed by atoms with Crippen LogP contribution in [0.25, 0.3) is 12.2 Å². The van der Waals surface area contributed by atoms with E-state index in [0.29, 0.717) is 6.61 Å². The molecule has 0 amide bonds. The van der Waals surface area contributed by atoms with E-state index in [4.69, 9.17) is 5.11 Å². The highest BCUT2D eigenvalue weighted by atomic mass is 32.1. The number of nitrogens with zero attached hydrogens (tertiary/aromatic N) is 1. The van der Waals surface area contributed by atoms with E-state index in [0.717, 1.165) is 32.4 Å². The molecule has 0 aliphatic carbocycles. The molecule has 0 radical (unpaired) electrons. The van der Waals surface area contributed by atoms with Crippen molar-refractivity contribution in [3.05, 3.63) is 52.2 Å². The van der Waals surface area contributed by atoms with Gasteiger partial charge in [-0.15, -0.1) is 11.3 Å². The maximum absolute atomic E-state index is 8.84. The summed E-state index contributed by atoms with van der Waals surface area (Å²) in [5, 5.41) is 10.9. The third-order valence-electron chi connectivity index (χ3n) is 3.71. The second-order valence-corrected chi connectivity index (χ2v) is 6.28. The molecule has 3 heteroatoms. The molecule has 2 nitrogen and oxygen atoms in total. The molecule has 0 spiro atoms. The van der Waals surface area contributed by atoms with Crippen LogP contribution in [0.15, 0.2) is 41.8 Å². The highest BCUT2D eigenvalue weighted by Gasteiger charge is 2.03. The molecule has 118 valence electrons. The molecule has 0 aliphatic rings. The molecule has 22 heavy (non-hydrogen) atoms. The Morgan fingerprint density at radius 2 is 1.86 bits per heavy atom. The third kappa shape index (κ3) is 5.32. The molecule has 2 aromatic rings. The quantitative estimate of drug-likeness (QED) is 0.665. The van der Waals surface area contributed by atoms with Crippen molar-refractivity contribution < 1.29 is 5.11 Å². The Morgan fingerprint density at radius 1 is 1.05 bits per heavy atom. The molecule has 0 saturated carbocycles. The Morgan fingerprint density at radius 3 is 2.50 bits per heavy atom. The van der Waals surface area contributed by atoms with Gasteiger partial charge in [-0.1, -0.05) is 24.3 Å². The van der Waals surface area contributed by atoms with Crippen LogP contribution in [0.4, 0.5) is 5.69 Å². The molecular formula is C19H25NOS. The number of unbranched alkanes of at least 4 members (excludes halogenated alkanes) is 2. The van der Waals surface area contributed by atoms with Gasteiger partial charge in [0.2, 0.25) is 0 Å². The number of thiophene rings is 1. The Labute approximate surface area is 137 Å². The Balaban J connectivity index is 1.91. The summed E-state index contributed by atoms with van der Waals surface area (Å²) in [6.07, 6.45) is 7.45. The van der Waals surface area contributed by atoms with Crippen molar-refractivity contribution in [2.45, 2.75) is 26.2 Å². The van der Waals surface area contributed by atoms with Crippen LogP contribution in [0.2, 0.25) is 0 Å². The predicted molar refractivity (Wildman–Crippen MR) is 98.5 cm³/mol. The first-order valence-corrected chi connectivity index (χ1v) is 8.89. The number of rotatable bonds is 9. The summed E-state index contributed by atoms with van der Waals surface area (Å²) in [4.78, 5) is 3.67. The lowest BCUT2D eigenvalue weighted by atomic mass is 10.1. The first kappa shape index (κ1) is 16.8. The third-order valence-corrected chi connectivity index (χ3v) is 4.55. The van der Waals surface area contributed by atoms with Gasteiger partial charge in [0.1, 0.15) is 0 Å². The van der Waals surface area contributed by atoms with Gasteiger partial charge in [-0.25, -0.2) is 0 Å². The van der Waals surface area contributed by atoms with Crippen LogP contribution >= 0.6 is 11.3 Å². The second-order valence-electron chi connectivity index (χ2n) is 5.30. The summed E-state index contributed by atoms with van der Waals surface area (Å²) in [6.45, 7) is 4.57. The van der Waals surface area contributed by atoms with Gasteiger partial charge in [0.05, 0.1) is 0 Å². The van der Waals surface area contributed by atoms with Crippen LogP contribution in [-0.2, 0) is 0 Å². The van der Waals surface area contributed by atoms with Gasteiger partial charge in [0.25, 0.3) is 0 Å². The molecule has 0 atom stereocenters. The van der Waals surface area contributed by atoms with Crippen molar-refractivity contribution in [3.8, 4) is 0 Å². The number of aliphatic hydroxyl groups is 1. The van der Waals surface area contributed by atoms with Crippen molar-refractivity contribution in [1.82, 2.24) is 0 Å². The van der Waals surface area contributed by atoms with E-state index in [1.165, 1.54) is 16.1 Å². The number of hydrogen-bond acceptors (Lipinski definition) is 3. The molecule has 1 aromatic heterocycles. The van der Waals surface area contributed by atoms with Crippen LogP contribution in [0.1, 0.15) is 36.6 Å². The van der Waals surface area contributed by atoms with Crippen molar-refractivity contribution in [3.63, 3.8) is 0 Å². The summed E-state index contributed by atoms with van der Waals surface area (Å²) < 4.78 is 0. The number of benzene rings is 1. The maximum Gasteiger partial charge on any atom is 0.0431 e. The van der Waals surface area contributed by atoms with E-state index < -0.39 is 0 Å². The molecular weight excluding hydrogens is 290 g/mol. The molecule has 0 bridgehead atoms. The maximum atomic E-state index is 8.84. The predicted octanol–water partition coefficient (Wildman–Crippen LogP) is 4.91. The second kappa shape index (κ2) is 9.44. The van der Waals surface area contributed by atoms with E-state index in [1.54, 1.807) is 11.3 Å². The zero-order valence-electron chi connectivity index (χ0n) is 13.2. The van der Waals surface area contributed by atoms with Crippen LogP contribution < -0.4 is 4.90 Å². The molecule has 1 aromatic carbocycles. The van der Waals surface area contributed by atoms with Gasteiger partial charge in [-0.05, 0) is 61.4 Å². The largest absolute Gasteiger partial charge is 0.396 e. The van der Waals surface area contributed by atoms with Crippen LogP contribution in [0.3, 0.4) is 0 Å². The molecule has 0 saturated heterocycles. The summed E-state index contributed by atoms with van der Waals surface area (Å²) in [7, 11) is 0. The monoisotopic (exact) mass is 315 g/mol. The van der Waals surface area contributed by atoms with Gasteiger partial charge < -0.3 is 10.0 Å². The van der Waals surface area contributed by atoms with E-state index in [2.05, 4.69) is 65.8 Å². The van der Waals surface area contributed by atoms with Gasteiger partial charge in [-0.3, -0.25) is 0 Å². The minimum absolute atomic E-state index is 0.303.